The molecule has 0 fully saturated rings. The fraction of sp³-hybridized carbons (Fsp3) is 0.143. The maximum atomic E-state index is 11.0. The molecule has 6 nitrogen and oxygen atoms in total. The highest BCUT2D eigenvalue weighted by molar-refractivity contribution is 5.99. The number of rotatable bonds is 7. The van der Waals surface area contributed by atoms with Crippen molar-refractivity contribution < 1.29 is 9.53 Å². The summed E-state index contributed by atoms with van der Waals surface area (Å²) in [5, 5.41) is 14.2. The monoisotopic (exact) mass is 358 g/mol. The molecule has 0 aliphatic carbocycles. The first-order chi connectivity index (χ1) is 13.2. The second-order valence-electron chi connectivity index (χ2n) is 5.79. The van der Waals surface area contributed by atoms with Gasteiger partial charge < -0.3 is 10.1 Å². The number of hydrogen-bond donors (Lipinski definition) is 1. The summed E-state index contributed by atoms with van der Waals surface area (Å²) in [6, 6.07) is 13.6. The van der Waals surface area contributed by atoms with E-state index in [4.69, 9.17) is 10.00 Å². The van der Waals surface area contributed by atoms with E-state index < -0.39 is 0 Å². The molecule has 0 radical (unpaired) electrons. The second-order valence-corrected chi connectivity index (χ2v) is 5.79. The molecule has 1 N–H and O–H groups in total. The molecule has 0 saturated heterocycles. The minimum Gasteiger partial charge on any atom is -0.492 e. The van der Waals surface area contributed by atoms with E-state index in [2.05, 4.69) is 21.9 Å². The Kier molecular flexibility index (Phi) is 5.43. The number of nitrogens with zero attached hydrogens (tertiary/aromatic N) is 3. The van der Waals surface area contributed by atoms with Crippen molar-refractivity contribution in [2.75, 3.05) is 18.5 Å². The molecule has 0 aliphatic rings. The van der Waals surface area contributed by atoms with Gasteiger partial charge in [-0.15, -0.1) is 0 Å². The Morgan fingerprint density at radius 3 is 2.89 bits per heavy atom. The van der Waals surface area contributed by atoms with E-state index in [1.165, 1.54) is 0 Å². The van der Waals surface area contributed by atoms with Crippen LogP contribution in [0.1, 0.15) is 17.5 Å². The summed E-state index contributed by atoms with van der Waals surface area (Å²) in [5.74, 6) is 0.837. The number of aldehydes is 1. The first-order valence-electron chi connectivity index (χ1n) is 8.46. The van der Waals surface area contributed by atoms with Gasteiger partial charge in [-0.1, -0.05) is 24.8 Å². The van der Waals surface area contributed by atoms with Gasteiger partial charge in [0.15, 0.2) is 12.1 Å². The normalized spacial score (nSPS) is 10.2. The maximum absolute atomic E-state index is 11.0. The zero-order valence-electron chi connectivity index (χ0n) is 14.9. The quantitative estimate of drug-likeness (QED) is 0.507. The Bertz CT molecular complexity index is 1050. The Morgan fingerprint density at radius 1 is 1.33 bits per heavy atom. The number of nitrogens with one attached hydrogen (secondary N) is 1. The molecule has 3 aromatic rings. The summed E-state index contributed by atoms with van der Waals surface area (Å²) in [6.45, 7) is 6.47. The molecule has 134 valence electrons. The molecule has 0 saturated carbocycles. The summed E-state index contributed by atoms with van der Waals surface area (Å²) >= 11 is 0. The third-order valence-electron chi connectivity index (χ3n) is 4.00. The van der Waals surface area contributed by atoms with E-state index in [1.807, 2.05) is 43.3 Å². The second kappa shape index (κ2) is 8.11. The van der Waals surface area contributed by atoms with Gasteiger partial charge in [0.05, 0.1) is 24.1 Å². The predicted molar refractivity (Wildman–Crippen MR) is 105 cm³/mol. The van der Waals surface area contributed by atoms with Crippen LogP contribution in [0.25, 0.3) is 22.0 Å². The number of fused-ring (bicyclic) bond motifs is 1. The van der Waals surface area contributed by atoms with E-state index in [-0.39, 0.29) is 5.82 Å². The maximum Gasteiger partial charge on any atom is 0.193 e. The number of nitriles is 1. The van der Waals surface area contributed by atoms with Crippen molar-refractivity contribution in [2.45, 2.75) is 6.92 Å². The van der Waals surface area contributed by atoms with Crippen LogP contribution in [-0.2, 0) is 0 Å². The van der Waals surface area contributed by atoms with Gasteiger partial charge in [-0.25, -0.2) is 9.97 Å². The Morgan fingerprint density at radius 2 is 2.15 bits per heavy atom. The van der Waals surface area contributed by atoms with Crippen molar-refractivity contribution in [3.8, 4) is 23.1 Å². The van der Waals surface area contributed by atoms with Gasteiger partial charge in [0.2, 0.25) is 0 Å². The largest absolute Gasteiger partial charge is 0.492 e. The van der Waals surface area contributed by atoms with Crippen LogP contribution in [0.15, 0.2) is 54.7 Å². The topological polar surface area (TPSA) is 87.9 Å². The van der Waals surface area contributed by atoms with Crippen LogP contribution >= 0.6 is 0 Å². The highest BCUT2D eigenvalue weighted by Crippen LogP contribution is 2.35. The number of carbonyl (C=O) groups is 1. The molecule has 0 aliphatic heterocycles. The smallest absolute Gasteiger partial charge is 0.193 e. The molecule has 1 heterocycles. The van der Waals surface area contributed by atoms with Crippen molar-refractivity contribution in [1.29, 1.82) is 5.26 Å². The molecule has 27 heavy (non-hydrogen) atoms. The predicted octanol–water partition coefficient (Wildman–Crippen LogP) is 4.00. The summed E-state index contributed by atoms with van der Waals surface area (Å²) in [7, 11) is 0. The number of carbonyl (C=O) groups excluding carboxylic acids is 1. The van der Waals surface area contributed by atoms with E-state index in [9.17, 15) is 4.79 Å². The van der Waals surface area contributed by atoms with Gasteiger partial charge in [-0.2, -0.15) is 5.26 Å². The number of hydrogen-bond acceptors (Lipinski definition) is 6. The molecule has 0 unspecified atom stereocenters. The molecular formula is C21H18N4O2. The minimum absolute atomic E-state index is 0.138. The van der Waals surface area contributed by atoms with Crippen LogP contribution in [0.4, 0.5) is 5.69 Å². The van der Waals surface area contributed by atoms with Crippen LogP contribution < -0.4 is 10.1 Å². The summed E-state index contributed by atoms with van der Waals surface area (Å²) in [4.78, 5) is 19.1. The zero-order chi connectivity index (χ0) is 19.2. The molecule has 0 bridgehead atoms. The number of ether oxygens (including phenoxy) is 1. The van der Waals surface area contributed by atoms with Gasteiger partial charge in [-0.3, -0.25) is 4.79 Å². The van der Waals surface area contributed by atoms with E-state index >= 15 is 0 Å². The average molecular weight is 358 g/mol. The van der Waals surface area contributed by atoms with Crippen molar-refractivity contribution in [3.05, 3.63) is 60.6 Å². The molecule has 1 aromatic heterocycles. The van der Waals surface area contributed by atoms with Crippen LogP contribution in [-0.4, -0.2) is 29.4 Å². The lowest BCUT2D eigenvalue weighted by Crippen LogP contribution is -2.06. The lowest BCUT2D eigenvalue weighted by atomic mass is 10.0. The van der Waals surface area contributed by atoms with Crippen LogP contribution in [0.2, 0.25) is 0 Å². The summed E-state index contributed by atoms with van der Waals surface area (Å²) < 4.78 is 5.75. The van der Waals surface area contributed by atoms with Crippen LogP contribution in [0.3, 0.4) is 0 Å². The third-order valence-corrected chi connectivity index (χ3v) is 4.00. The Labute approximate surface area is 157 Å². The SMILES string of the molecule is C=C(C#N)CNc1c(OCC)ccc2ccc(-c3ccnc(C=O)n3)cc12. The fourth-order valence-electron chi connectivity index (χ4n) is 2.74. The lowest BCUT2D eigenvalue weighted by molar-refractivity contribution is 0.111. The molecule has 3 rings (SSSR count). The first-order valence-corrected chi connectivity index (χ1v) is 8.46. The van der Waals surface area contributed by atoms with E-state index in [1.54, 1.807) is 12.3 Å². The lowest BCUT2D eigenvalue weighted by Gasteiger charge is -2.16. The molecule has 6 heteroatoms. The highest BCUT2D eigenvalue weighted by atomic mass is 16.5. The van der Waals surface area contributed by atoms with E-state index in [0.717, 1.165) is 22.0 Å². The summed E-state index contributed by atoms with van der Waals surface area (Å²) in [6.07, 6.45) is 2.18. The molecule has 0 atom stereocenters. The van der Waals surface area contributed by atoms with Crippen molar-refractivity contribution in [1.82, 2.24) is 9.97 Å². The van der Waals surface area contributed by atoms with Gasteiger partial charge in [-0.05, 0) is 30.5 Å². The number of benzene rings is 2. The van der Waals surface area contributed by atoms with Gasteiger partial charge in [0.1, 0.15) is 5.75 Å². The minimum atomic E-state index is 0.138. The number of anilines is 1. The Balaban J connectivity index is 2.13. The molecule has 2 aromatic carbocycles. The highest BCUT2D eigenvalue weighted by Gasteiger charge is 2.11. The average Bonchev–Trinajstić information content (AvgIpc) is 2.72. The standard InChI is InChI=1S/C21H18N4O2/c1-3-27-19-7-6-15-4-5-16(18-8-9-23-20(13-26)25-18)10-17(15)21(19)24-12-14(2)11-22/h4-10,13,24H,2-3,12H2,1H3. The molecule has 0 amide bonds. The van der Waals surface area contributed by atoms with Gasteiger partial charge in [0, 0.05) is 29.3 Å². The van der Waals surface area contributed by atoms with Gasteiger partial charge in [0.25, 0.3) is 0 Å². The summed E-state index contributed by atoms with van der Waals surface area (Å²) in [5.41, 5.74) is 2.72. The van der Waals surface area contributed by atoms with Crippen LogP contribution in [0.5, 0.6) is 5.75 Å². The zero-order valence-corrected chi connectivity index (χ0v) is 14.9. The van der Waals surface area contributed by atoms with Crippen molar-refractivity contribution >= 4 is 22.7 Å². The van der Waals surface area contributed by atoms with Crippen molar-refractivity contribution in [2.24, 2.45) is 0 Å². The molecular weight excluding hydrogens is 340 g/mol. The van der Waals surface area contributed by atoms with Crippen molar-refractivity contribution in [3.63, 3.8) is 0 Å². The number of aromatic nitrogens is 2. The van der Waals surface area contributed by atoms with E-state index in [0.29, 0.717) is 36.5 Å². The van der Waals surface area contributed by atoms with Crippen LogP contribution in [0, 0.1) is 11.3 Å². The first kappa shape index (κ1) is 18.1. The fourth-order valence-corrected chi connectivity index (χ4v) is 2.74. The third kappa shape index (κ3) is 3.93. The molecule has 0 spiro atoms. The van der Waals surface area contributed by atoms with Gasteiger partial charge >= 0.3 is 0 Å². The Hall–Kier alpha value is -3.72.